The first-order valence-electron chi connectivity index (χ1n) is 7.07. The molecule has 114 valence electrons. The number of fused-ring (bicyclic) bond motifs is 1. The van der Waals surface area contributed by atoms with Crippen molar-refractivity contribution in [2.45, 2.75) is 19.6 Å². The van der Waals surface area contributed by atoms with Crippen LogP contribution in [0, 0.1) is 0 Å². The van der Waals surface area contributed by atoms with E-state index in [1.807, 2.05) is 40.6 Å². The fourth-order valence-electron chi connectivity index (χ4n) is 2.38. The lowest BCUT2D eigenvalue weighted by Crippen LogP contribution is -2.31. The zero-order valence-corrected chi connectivity index (χ0v) is 13.0. The molecule has 5 nitrogen and oxygen atoms in total. The summed E-state index contributed by atoms with van der Waals surface area (Å²) in [6, 6.07) is 11.4. The van der Waals surface area contributed by atoms with E-state index in [1.54, 1.807) is 19.2 Å². The number of benzene rings is 1. The Morgan fingerprint density at radius 2 is 2.14 bits per heavy atom. The van der Waals surface area contributed by atoms with E-state index in [4.69, 9.17) is 0 Å². The molecule has 0 aliphatic heterocycles. The van der Waals surface area contributed by atoms with Crippen molar-refractivity contribution >= 4 is 22.0 Å². The molecular weight excluding hydrogens is 298 g/mol. The summed E-state index contributed by atoms with van der Waals surface area (Å²) in [4.78, 5) is 19.3. The second-order valence-corrected chi connectivity index (χ2v) is 6.08. The van der Waals surface area contributed by atoms with E-state index in [0.29, 0.717) is 23.7 Å². The molecule has 0 saturated carbocycles. The Balaban J connectivity index is 1.93. The van der Waals surface area contributed by atoms with Gasteiger partial charge in [-0.25, -0.2) is 4.98 Å². The molecule has 0 fully saturated rings. The third kappa shape index (κ3) is 3.18. The number of para-hydroxylation sites is 1. The predicted molar refractivity (Wildman–Crippen MR) is 88.5 cm³/mol. The molecule has 1 atom stereocenters. The maximum absolute atomic E-state index is 12.1. The molecule has 1 aromatic carbocycles. The van der Waals surface area contributed by atoms with Crippen molar-refractivity contribution in [2.24, 2.45) is 0 Å². The first-order chi connectivity index (χ1) is 10.6. The van der Waals surface area contributed by atoms with Crippen LogP contribution >= 0.6 is 11.3 Å². The summed E-state index contributed by atoms with van der Waals surface area (Å²) in [5, 5.41) is 11.6. The number of rotatable bonds is 5. The van der Waals surface area contributed by atoms with Gasteiger partial charge in [-0.2, -0.15) is 0 Å². The highest BCUT2D eigenvalue weighted by Gasteiger charge is 2.12. The Kier molecular flexibility index (Phi) is 4.22. The zero-order valence-electron chi connectivity index (χ0n) is 12.2. The summed E-state index contributed by atoms with van der Waals surface area (Å²) >= 11 is 1.44. The minimum atomic E-state index is -0.466. The molecule has 2 aromatic heterocycles. The fourth-order valence-corrected chi connectivity index (χ4v) is 3.12. The molecule has 0 bridgehead atoms. The van der Waals surface area contributed by atoms with E-state index in [1.165, 1.54) is 15.7 Å². The second-order valence-electron chi connectivity index (χ2n) is 5.21. The number of aliphatic hydroxyl groups is 1. The fraction of sp³-hybridized carbons (Fsp3) is 0.250. The summed E-state index contributed by atoms with van der Waals surface area (Å²) < 4.78 is 1.54. The van der Waals surface area contributed by atoms with Crippen LogP contribution in [-0.2, 0) is 6.54 Å². The number of nitrogens with zero attached hydrogens (tertiary/aromatic N) is 3. The Labute approximate surface area is 132 Å². The van der Waals surface area contributed by atoms with Gasteiger partial charge in [0.05, 0.1) is 18.3 Å². The molecule has 0 spiro atoms. The van der Waals surface area contributed by atoms with Gasteiger partial charge in [0.25, 0.3) is 5.56 Å². The van der Waals surface area contributed by atoms with Crippen LogP contribution in [0.15, 0.2) is 52.8 Å². The molecule has 2 heterocycles. The van der Waals surface area contributed by atoms with Gasteiger partial charge in [0.15, 0.2) is 4.96 Å². The van der Waals surface area contributed by atoms with Gasteiger partial charge in [0, 0.05) is 29.9 Å². The van der Waals surface area contributed by atoms with Crippen molar-refractivity contribution in [1.82, 2.24) is 9.38 Å². The molecule has 3 rings (SSSR count). The first kappa shape index (κ1) is 14.7. The van der Waals surface area contributed by atoms with Crippen LogP contribution in [-0.4, -0.2) is 27.1 Å². The van der Waals surface area contributed by atoms with Gasteiger partial charge in [-0.05, 0) is 19.1 Å². The third-order valence-corrected chi connectivity index (χ3v) is 4.07. The maximum atomic E-state index is 12.1. The van der Waals surface area contributed by atoms with Crippen molar-refractivity contribution in [3.8, 4) is 0 Å². The summed E-state index contributed by atoms with van der Waals surface area (Å²) in [7, 11) is 0. The van der Waals surface area contributed by atoms with Crippen molar-refractivity contribution in [3.63, 3.8) is 0 Å². The van der Waals surface area contributed by atoms with Crippen LogP contribution in [0.25, 0.3) is 4.96 Å². The van der Waals surface area contributed by atoms with E-state index in [0.717, 1.165) is 5.69 Å². The lowest BCUT2D eigenvalue weighted by molar-refractivity contribution is 0.199. The number of anilines is 1. The molecule has 22 heavy (non-hydrogen) atoms. The molecule has 6 heteroatoms. The number of aromatic nitrogens is 2. The Morgan fingerprint density at radius 3 is 2.86 bits per heavy atom. The largest absolute Gasteiger partial charge is 0.392 e. The highest BCUT2D eigenvalue weighted by Crippen LogP contribution is 2.17. The van der Waals surface area contributed by atoms with Gasteiger partial charge in [-0.3, -0.25) is 9.20 Å². The van der Waals surface area contributed by atoms with Gasteiger partial charge in [0.1, 0.15) is 0 Å². The lowest BCUT2D eigenvalue weighted by Gasteiger charge is -2.25. The number of hydrogen-bond acceptors (Lipinski definition) is 5. The highest BCUT2D eigenvalue weighted by molar-refractivity contribution is 7.15. The number of aliphatic hydroxyl groups excluding tert-OH is 1. The average Bonchev–Trinajstić information content (AvgIpc) is 2.96. The smallest absolute Gasteiger partial charge is 0.258 e. The standard InChI is InChI=1S/C16H17N3O2S/c1-12(20)10-18(14-5-3-2-4-6-14)11-13-9-15(21)19-7-8-22-16(19)17-13/h2-9,12,20H,10-11H2,1H3/t12-/m1/s1. The summed E-state index contributed by atoms with van der Waals surface area (Å²) in [5.74, 6) is 0. The molecule has 1 N–H and O–H groups in total. The molecule has 0 aliphatic carbocycles. The quantitative estimate of drug-likeness (QED) is 0.784. The van der Waals surface area contributed by atoms with Gasteiger partial charge in [-0.15, -0.1) is 11.3 Å². The van der Waals surface area contributed by atoms with Crippen LogP contribution in [0.2, 0.25) is 0 Å². The van der Waals surface area contributed by atoms with E-state index >= 15 is 0 Å². The predicted octanol–water partition coefficient (Wildman–Crippen LogP) is 2.14. The molecule has 0 aliphatic rings. The SMILES string of the molecule is C[C@@H](O)CN(Cc1cc(=O)n2ccsc2n1)c1ccccc1. The topological polar surface area (TPSA) is 57.8 Å². The minimum absolute atomic E-state index is 0.0775. The van der Waals surface area contributed by atoms with E-state index in [-0.39, 0.29) is 5.56 Å². The summed E-state index contributed by atoms with van der Waals surface area (Å²) in [6.07, 6.45) is 1.26. The van der Waals surface area contributed by atoms with Crippen molar-refractivity contribution in [3.05, 3.63) is 64.0 Å². The van der Waals surface area contributed by atoms with Crippen LogP contribution in [0.5, 0.6) is 0 Å². The summed E-state index contributed by atoms with van der Waals surface area (Å²) in [6.45, 7) is 2.72. The minimum Gasteiger partial charge on any atom is -0.392 e. The van der Waals surface area contributed by atoms with Crippen molar-refractivity contribution in [2.75, 3.05) is 11.4 Å². The number of thiazole rings is 1. The van der Waals surface area contributed by atoms with Gasteiger partial charge in [0.2, 0.25) is 0 Å². The molecule has 0 unspecified atom stereocenters. The normalized spacial score (nSPS) is 12.5. The Bertz CT molecular complexity index is 811. The van der Waals surface area contributed by atoms with E-state index in [2.05, 4.69) is 4.98 Å². The first-order valence-corrected chi connectivity index (χ1v) is 7.95. The van der Waals surface area contributed by atoms with Crippen LogP contribution in [0.1, 0.15) is 12.6 Å². The average molecular weight is 315 g/mol. The van der Waals surface area contributed by atoms with E-state index < -0.39 is 6.10 Å². The van der Waals surface area contributed by atoms with Crippen molar-refractivity contribution in [1.29, 1.82) is 0 Å². The van der Waals surface area contributed by atoms with Crippen LogP contribution in [0.4, 0.5) is 5.69 Å². The Hall–Kier alpha value is -2.18. The summed E-state index contributed by atoms with van der Waals surface area (Å²) in [5.41, 5.74) is 1.62. The van der Waals surface area contributed by atoms with Crippen LogP contribution in [0.3, 0.4) is 0 Å². The van der Waals surface area contributed by atoms with Crippen molar-refractivity contribution < 1.29 is 5.11 Å². The van der Waals surface area contributed by atoms with Gasteiger partial charge < -0.3 is 10.0 Å². The molecule has 0 radical (unpaired) electrons. The highest BCUT2D eigenvalue weighted by atomic mass is 32.1. The maximum Gasteiger partial charge on any atom is 0.258 e. The molecule has 0 amide bonds. The lowest BCUT2D eigenvalue weighted by atomic mass is 10.2. The van der Waals surface area contributed by atoms with Gasteiger partial charge >= 0.3 is 0 Å². The monoisotopic (exact) mass is 315 g/mol. The number of hydrogen-bond donors (Lipinski definition) is 1. The molecule has 3 aromatic rings. The third-order valence-electron chi connectivity index (χ3n) is 3.32. The molecule has 0 saturated heterocycles. The van der Waals surface area contributed by atoms with E-state index in [9.17, 15) is 9.90 Å². The zero-order chi connectivity index (χ0) is 15.5. The second kappa shape index (κ2) is 6.29. The van der Waals surface area contributed by atoms with Crippen LogP contribution < -0.4 is 10.5 Å². The molecular formula is C16H17N3O2S. The van der Waals surface area contributed by atoms with Gasteiger partial charge in [-0.1, -0.05) is 18.2 Å². The Morgan fingerprint density at radius 1 is 1.36 bits per heavy atom.